The van der Waals surface area contributed by atoms with Crippen molar-refractivity contribution in [1.29, 1.82) is 0 Å². The summed E-state index contributed by atoms with van der Waals surface area (Å²) in [5.74, 6) is 0.666. The van der Waals surface area contributed by atoms with Crippen LogP contribution < -0.4 is 4.90 Å². The molecule has 0 aromatic carbocycles. The van der Waals surface area contributed by atoms with Crippen LogP contribution in [-0.4, -0.2) is 29.1 Å². The van der Waals surface area contributed by atoms with E-state index in [1.54, 1.807) is 0 Å². The fourth-order valence-corrected chi connectivity index (χ4v) is 3.60. The number of hydrogen-bond acceptors (Lipinski definition) is 4. The molecule has 1 N–H and O–H groups in total. The third-order valence-electron chi connectivity index (χ3n) is 3.82. The van der Waals surface area contributed by atoms with Crippen LogP contribution in [0.1, 0.15) is 55.4 Å². The largest absolute Gasteiger partial charge is 0.477 e. The van der Waals surface area contributed by atoms with Gasteiger partial charge in [0.05, 0.1) is 5.69 Å². The molecular formula is C14H22N2O2S. The van der Waals surface area contributed by atoms with Gasteiger partial charge in [0.25, 0.3) is 0 Å². The molecule has 1 aliphatic heterocycles. The van der Waals surface area contributed by atoms with Gasteiger partial charge in [0, 0.05) is 13.1 Å². The maximum Gasteiger partial charge on any atom is 0.347 e. The molecular weight excluding hydrogens is 260 g/mol. The number of carbonyl (C=O) groups is 1. The summed E-state index contributed by atoms with van der Waals surface area (Å²) in [5.41, 5.74) is 0.723. The molecule has 1 unspecified atom stereocenters. The first kappa shape index (κ1) is 14.3. The van der Waals surface area contributed by atoms with Crippen LogP contribution in [0.5, 0.6) is 0 Å². The minimum atomic E-state index is -0.855. The first-order chi connectivity index (χ1) is 8.90. The van der Waals surface area contributed by atoms with Crippen molar-refractivity contribution >= 4 is 22.4 Å². The third-order valence-corrected chi connectivity index (χ3v) is 4.94. The Balaban J connectivity index is 2.22. The lowest BCUT2D eigenvalue weighted by Crippen LogP contribution is -2.21. The highest BCUT2D eigenvalue weighted by atomic mass is 32.1. The average Bonchev–Trinajstić information content (AvgIpc) is 2.95. The maximum atomic E-state index is 11.3. The Morgan fingerprint density at radius 3 is 2.53 bits per heavy atom. The lowest BCUT2D eigenvalue weighted by atomic mass is 9.95. The van der Waals surface area contributed by atoms with E-state index in [4.69, 9.17) is 0 Å². The SMILES string of the molecule is CC(C)c1nc(N2CCC(C(C)C)C2)sc1C(=O)O. The molecule has 0 spiro atoms. The summed E-state index contributed by atoms with van der Waals surface area (Å²) in [4.78, 5) is 18.5. The Kier molecular flexibility index (Phi) is 4.13. The standard InChI is InChI=1S/C14H22N2O2S/c1-8(2)10-5-6-16(7-10)14-15-11(9(3)4)12(19-14)13(17)18/h8-10H,5-7H2,1-4H3,(H,17,18). The van der Waals surface area contributed by atoms with Crippen molar-refractivity contribution in [1.82, 2.24) is 4.98 Å². The molecule has 1 aliphatic rings. The van der Waals surface area contributed by atoms with Gasteiger partial charge in [-0.05, 0) is 24.2 Å². The quantitative estimate of drug-likeness (QED) is 0.919. The number of thiazole rings is 1. The number of hydrogen-bond donors (Lipinski definition) is 1. The monoisotopic (exact) mass is 282 g/mol. The molecule has 0 radical (unpaired) electrons. The molecule has 19 heavy (non-hydrogen) atoms. The van der Waals surface area contributed by atoms with Crippen LogP contribution in [0.2, 0.25) is 0 Å². The number of carboxylic acid groups (broad SMARTS) is 1. The van der Waals surface area contributed by atoms with Gasteiger partial charge in [0.1, 0.15) is 4.88 Å². The maximum absolute atomic E-state index is 11.3. The molecule has 1 aromatic rings. The van der Waals surface area contributed by atoms with E-state index >= 15 is 0 Å². The topological polar surface area (TPSA) is 53.4 Å². The van der Waals surface area contributed by atoms with Crippen LogP contribution in [0.4, 0.5) is 5.13 Å². The Morgan fingerprint density at radius 2 is 2.11 bits per heavy atom. The molecule has 1 fully saturated rings. The van der Waals surface area contributed by atoms with Crippen molar-refractivity contribution in [2.24, 2.45) is 11.8 Å². The molecule has 106 valence electrons. The van der Waals surface area contributed by atoms with Gasteiger partial charge in [-0.25, -0.2) is 9.78 Å². The van der Waals surface area contributed by atoms with Crippen molar-refractivity contribution < 1.29 is 9.90 Å². The van der Waals surface area contributed by atoms with Crippen LogP contribution in [0, 0.1) is 11.8 Å². The van der Waals surface area contributed by atoms with E-state index in [1.807, 2.05) is 13.8 Å². The van der Waals surface area contributed by atoms with E-state index in [0.717, 1.165) is 23.9 Å². The lowest BCUT2D eigenvalue weighted by Gasteiger charge is -2.16. The van der Waals surface area contributed by atoms with Gasteiger partial charge in [-0.15, -0.1) is 0 Å². The van der Waals surface area contributed by atoms with E-state index in [1.165, 1.54) is 17.8 Å². The smallest absolute Gasteiger partial charge is 0.347 e. The Morgan fingerprint density at radius 1 is 1.42 bits per heavy atom. The zero-order valence-electron chi connectivity index (χ0n) is 12.0. The van der Waals surface area contributed by atoms with Gasteiger partial charge in [0.2, 0.25) is 0 Å². The Hall–Kier alpha value is -1.10. The van der Waals surface area contributed by atoms with Crippen molar-refractivity contribution in [2.75, 3.05) is 18.0 Å². The first-order valence-corrected chi connectivity index (χ1v) is 7.70. The van der Waals surface area contributed by atoms with Crippen LogP contribution in [-0.2, 0) is 0 Å². The number of aromatic carboxylic acids is 1. The first-order valence-electron chi connectivity index (χ1n) is 6.89. The zero-order valence-corrected chi connectivity index (χ0v) is 12.8. The highest BCUT2D eigenvalue weighted by molar-refractivity contribution is 7.17. The van der Waals surface area contributed by atoms with Crippen molar-refractivity contribution in [3.05, 3.63) is 10.6 Å². The predicted octanol–water partition coefficient (Wildman–Crippen LogP) is 3.45. The second kappa shape index (κ2) is 5.49. The van der Waals surface area contributed by atoms with Crippen LogP contribution in [0.3, 0.4) is 0 Å². The number of anilines is 1. The van der Waals surface area contributed by atoms with Gasteiger partial charge in [-0.2, -0.15) is 0 Å². The van der Waals surface area contributed by atoms with Crippen molar-refractivity contribution in [3.63, 3.8) is 0 Å². The number of nitrogens with zero attached hydrogens (tertiary/aromatic N) is 2. The summed E-state index contributed by atoms with van der Waals surface area (Å²) in [6, 6.07) is 0. The van der Waals surface area contributed by atoms with E-state index in [9.17, 15) is 9.90 Å². The van der Waals surface area contributed by atoms with Gasteiger partial charge in [0.15, 0.2) is 5.13 Å². The summed E-state index contributed by atoms with van der Waals surface area (Å²) < 4.78 is 0. The molecule has 0 saturated carbocycles. The normalized spacial score (nSPS) is 19.7. The molecule has 1 aromatic heterocycles. The van der Waals surface area contributed by atoms with Gasteiger partial charge in [-0.1, -0.05) is 39.0 Å². The van der Waals surface area contributed by atoms with E-state index in [0.29, 0.717) is 16.7 Å². The zero-order chi connectivity index (χ0) is 14.2. The van der Waals surface area contributed by atoms with Crippen LogP contribution >= 0.6 is 11.3 Å². The number of rotatable bonds is 4. The van der Waals surface area contributed by atoms with Crippen LogP contribution in [0.25, 0.3) is 0 Å². The Labute approximate surface area is 118 Å². The predicted molar refractivity (Wildman–Crippen MR) is 78.3 cm³/mol. The van der Waals surface area contributed by atoms with E-state index in [2.05, 4.69) is 23.7 Å². The van der Waals surface area contributed by atoms with Gasteiger partial charge >= 0.3 is 5.97 Å². The fourth-order valence-electron chi connectivity index (χ4n) is 2.51. The second-order valence-corrected chi connectivity index (χ2v) is 6.89. The Bertz CT molecular complexity index is 468. The third kappa shape index (κ3) is 2.91. The number of aromatic nitrogens is 1. The second-order valence-electron chi connectivity index (χ2n) is 5.91. The summed E-state index contributed by atoms with van der Waals surface area (Å²) in [7, 11) is 0. The van der Waals surface area contributed by atoms with E-state index in [-0.39, 0.29) is 5.92 Å². The minimum absolute atomic E-state index is 0.152. The summed E-state index contributed by atoms with van der Waals surface area (Å²) in [6.07, 6.45) is 1.18. The summed E-state index contributed by atoms with van der Waals surface area (Å²) in [5, 5.41) is 10.1. The van der Waals surface area contributed by atoms with Crippen LogP contribution in [0.15, 0.2) is 0 Å². The van der Waals surface area contributed by atoms with Crippen molar-refractivity contribution in [3.8, 4) is 0 Å². The number of carboxylic acids is 1. The molecule has 2 heterocycles. The van der Waals surface area contributed by atoms with Gasteiger partial charge < -0.3 is 10.0 Å². The molecule has 0 bridgehead atoms. The molecule has 0 amide bonds. The molecule has 2 rings (SSSR count). The highest BCUT2D eigenvalue weighted by Crippen LogP contribution is 2.34. The molecule has 1 atom stereocenters. The minimum Gasteiger partial charge on any atom is -0.477 e. The molecule has 4 nitrogen and oxygen atoms in total. The fraction of sp³-hybridized carbons (Fsp3) is 0.714. The average molecular weight is 282 g/mol. The molecule has 1 saturated heterocycles. The highest BCUT2D eigenvalue weighted by Gasteiger charge is 2.29. The van der Waals surface area contributed by atoms with E-state index < -0.39 is 5.97 Å². The van der Waals surface area contributed by atoms with Gasteiger partial charge in [-0.3, -0.25) is 0 Å². The molecule has 5 heteroatoms. The summed E-state index contributed by atoms with van der Waals surface area (Å²) >= 11 is 1.32. The molecule has 0 aliphatic carbocycles. The summed E-state index contributed by atoms with van der Waals surface area (Å²) in [6.45, 7) is 10.5. The van der Waals surface area contributed by atoms with Crippen molar-refractivity contribution in [2.45, 2.75) is 40.0 Å². The lowest BCUT2D eigenvalue weighted by molar-refractivity contribution is 0.0700.